The molecule has 0 aromatic heterocycles. The van der Waals surface area contributed by atoms with Crippen molar-refractivity contribution in [3.8, 4) is 0 Å². The average molecular weight is 174 g/mol. The summed E-state index contributed by atoms with van der Waals surface area (Å²) in [5.41, 5.74) is 1.56. The Bertz CT molecular complexity index is 324. The average Bonchev–Trinajstić information content (AvgIpc) is 2.05. The molecule has 1 heteroatoms. The molecule has 0 fully saturated rings. The molecule has 1 nitrogen and oxygen atoms in total. The third kappa shape index (κ3) is 2.30. The van der Waals surface area contributed by atoms with Gasteiger partial charge in [0.1, 0.15) is 5.94 Å². The first kappa shape index (κ1) is 9.76. The minimum atomic E-state index is -0.136. The van der Waals surface area contributed by atoms with Crippen LogP contribution < -0.4 is 0 Å². The molecule has 1 aromatic carbocycles. The fourth-order valence-electron chi connectivity index (χ4n) is 1.25. The first-order valence-corrected chi connectivity index (χ1v) is 4.36. The highest BCUT2D eigenvalue weighted by Crippen LogP contribution is 2.31. The molecule has 0 bridgehead atoms. The molecule has 1 aromatic rings. The molecule has 0 spiro atoms. The Morgan fingerprint density at radius 3 is 2.08 bits per heavy atom. The molecule has 0 atom stereocenters. The first-order valence-electron chi connectivity index (χ1n) is 4.36. The van der Waals surface area contributed by atoms with Crippen LogP contribution >= 0.6 is 0 Å². The van der Waals surface area contributed by atoms with Gasteiger partial charge in [0, 0.05) is 5.57 Å². The fourth-order valence-corrected chi connectivity index (χ4v) is 1.25. The summed E-state index contributed by atoms with van der Waals surface area (Å²) in [4.78, 5) is 10.8. The number of carbonyl (C=O) groups excluding carboxylic acids is 1. The van der Waals surface area contributed by atoms with Gasteiger partial charge in [-0.25, -0.2) is 4.79 Å². The lowest BCUT2D eigenvalue weighted by Gasteiger charge is -2.19. The molecule has 0 aliphatic heterocycles. The van der Waals surface area contributed by atoms with Crippen molar-refractivity contribution in [2.75, 3.05) is 0 Å². The minimum absolute atomic E-state index is 0.136. The maximum Gasteiger partial charge on any atom is 0.129 e. The lowest BCUT2D eigenvalue weighted by atomic mass is 9.83. The molecule has 0 aliphatic rings. The standard InChI is InChI=1S/C12H14O/c1-12(2,3)11(9-13)10-7-5-4-6-8-10/h4-8H,1-3H3. The van der Waals surface area contributed by atoms with Crippen LogP contribution in [0.3, 0.4) is 0 Å². The normalized spacial score (nSPS) is 10.7. The number of hydrogen-bond donors (Lipinski definition) is 0. The van der Waals surface area contributed by atoms with Gasteiger partial charge in [0.05, 0.1) is 0 Å². The van der Waals surface area contributed by atoms with Gasteiger partial charge in [-0.15, -0.1) is 0 Å². The van der Waals surface area contributed by atoms with Crippen LogP contribution in [0.2, 0.25) is 0 Å². The summed E-state index contributed by atoms with van der Waals surface area (Å²) in [7, 11) is 0. The minimum Gasteiger partial charge on any atom is -0.233 e. The number of rotatable bonds is 1. The number of allylic oxidation sites excluding steroid dienone is 1. The lowest BCUT2D eigenvalue weighted by Crippen LogP contribution is -2.08. The molecule has 13 heavy (non-hydrogen) atoms. The summed E-state index contributed by atoms with van der Waals surface area (Å²) >= 11 is 0. The maximum atomic E-state index is 10.8. The van der Waals surface area contributed by atoms with Gasteiger partial charge in [-0.3, -0.25) is 0 Å². The van der Waals surface area contributed by atoms with Crippen molar-refractivity contribution >= 4 is 11.5 Å². The maximum absolute atomic E-state index is 10.8. The quantitative estimate of drug-likeness (QED) is 0.598. The fraction of sp³-hybridized carbons (Fsp3) is 0.333. The van der Waals surface area contributed by atoms with E-state index in [4.69, 9.17) is 0 Å². The molecule has 0 radical (unpaired) electrons. The van der Waals surface area contributed by atoms with Crippen LogP contribution in [0.4, 0.5) is 0 Å². The third-order valence-electron chi connectivity index (χ3n) is 1.91. The van der Waals surface area contributed by atoms with Gasteiger partial charge in [-0.05, 0) is 11.0 Å². The van der Waals surface area contributed by atoms with E-state index >= 15 is 0 Å². The monoisotopic (exact) mass is 174 g/mol. The molecular weight excluding hydrogens is 160 g/mol. The largest absolute Gasteiger partial charge is 0.233 e. The highest BCUT2D eigenvalue weighted by atomic mass is 16.1. The van der Waals surface area contributed by atoms with Gasteiger partial charge >= 0.3 is 0 Å². The second-order valence-electron chi connectivity index (χ2n) is 4.09. The van der Waals surface area contributed by atoms with Crippen molar-refractivity contribution in [2.45, 2.75) is 20.8 Å². The summed E-state index contributed by atoms with van der Waals surface area (Å²) in [5, 5.41) is 0. The summed E-state index contributed by atoms with van der Waals surface area (Å²) in [5.74, 6) is 2.02. The number of benzene rings is 1. The zero-order valence-electron chi connectivity index (χ0n) is 8.29. The molecule has 0 N–H and O–H groups in total. The van der Waals surface area contributed by atoms with Crippen LogP contribution in [-0.2, 0) is 4.79 Å². The molecule has 0 aliphatic carbocycles. The predicted octanol–water partition coefficient (Wildman–Crippen LogP) is 2.95. The van der Waals surface area contributed by atoms with Gasteiger partial charge in [-0.2, -0.15) is 0 Å². The van der Waals surface area contributed by atoms with E-state index in [1.54, 1.807) is 0 Å². The summed E-state index contributed by atoms with van der Waals surface area (Å²) in [6.45, 7) is 6.04. The van der Waals surface area contributed by atoms with Crippen LogP contribution in [0.15, 0.2) is 30.3 Å². The number of hydrogen-bond acceptors (Lipinski definition) is 1. The van der Waals surface area contributed by atoms with Crippen molar-refractivity contribution in [2.24, 2.45) is 5.41 Å². The summed E-state index contributed by atoms with van der Waals surface area (Å²) < 4.78 is 0. The second kappa shape index (κ2) is 3.59. The Labute approximate surface area is 79.1 Å². The first-order chi connectivity index (χ1) is 6.05. The Morgan fingerprint density at radius 1 is 1.15 bits per heavy atom. The zero-order valence-corrected chi connectivity index (χ0v) is 8.29. The van der Waals surface area contributed by atoms with E-state index in [2.05, 4.69) is 0 Å². The van der Waals surface area contributed by atoms with E-state index in [9.17, 15) is 4.79 Å². The molecule has 0 unspecified atom stereocenters. The molecule has 1 rings (SSSR count). The van der Waals surface area contributed by atoms with E-state index in [-0.39, 0.29) is 5.41 Å². The van der Waals surface area contributed by atoms with Crippen LogP contribution in [0, 0.1) is 5.41 Å². The van der Waals surface area contributed by atoms with Crippen molar-refractivity contribution in [3.63, 3.8) is 0 Å². The highest BCUT2D eigenvalue weighted by Gasteiger charge is 2.19. The van der Waals surface area contributed by atoms with Crippen molar-refractivity contribution in [1.29, 1.82) is 0 Å². The van der Waals surface area contributed by atoms with Crippen LogP contribution in [0.25, 0.3) is 5.57 Å². The predicted molar refractivity (Wildman–Crippen MR) is 55.0 cm³/mol. The molecule has 0 saturated carbocycles. The van der Waals surface area contributed by atoms with E-state index in [1.165, 1.54) is 0 Å². The molecule has 0 heterocycles. The third-order valence-corrected chi connectivity index (χ3v) is 1.91. The Kier molecular flexibility index (Phi) is 2.69. The van der Waals surface area contributed by atoms with Crippen LogP contribution in [0.1, 0.15) is 26.3 Å². The van der Waals surface area contributed by atoms with E-state index in [0.29, 0.717) is 0 Å². The SMILES string of the molecule is CC(C)(C)C(=C=O)c1ccccc1. The van der Waals surface area contributed by atoms with Gasteiger partial charge in [0.25, 0.3) is 0 Å². The summed E-state index contributed by atoms with van der Waals surface area (Å²) in [6.07, 6.45) is 0. The van der Waals surface area contributed by atoms with E-state index < -0.39 is 0 Å². The van der Waals surface area contributed by atoms with Crippen molar-refractivity contribution in [1.82, 2.24) is 0 Å². The van der Waals surface area contributed by atoms with Gasteiger partial charge in [0.15, 0.2) is 0 Å². The molecule has 68 valence electrons. The lowest BCUT2D eigenvalue weighted by molar-refractivity contribution is 0.546. The molecule has 0 amide bonds. The smallest absolute Gasteiger partial charge is 0.129 e. The van der Waals surface area contributed by atoms with Crippen molar-refractivity contribution < 1.29 is 4.79 Å². The van der Waals surface area contributed by atoms with E-state index in [0.717, 1.165) is 11.1 Å². The Morgan fingerprint density at radius 2 is 1.69 bits per heavy atom. The highest BCUT2D eigenvalue weighted by molar-refractivity contribution is 5.89. The Hall–Kier alpha value is -1.33. The second-order valence-corrected chi connectivity index (χ2v) is 4.09. The van der Waals surface area contributed by atoms with Gasteiger partial charge < -0.3 is 0 Å². The topological polar surface area (TPSA) is 17.1 Å². The van der Waals surface area contributed by atoms with Crippen LogP contribution in [0.5, 0.6) is 0 Å². The molecular formula is C12H14O. The zero-order chi connectivity index (χ0) is 9.90. The summed E-state index contributed by atoms with van der Waals surface area (Å²) in [6, 6.07) is 9.67. The molecule has 0 saturated heterocycles. The van der Waals surface area contributed by atoms with Gasteiger partial charge in [0.2, 0.25) is 0 Å². The Balaban J connectivity index is 3.15. The van der Waals surface area contributed by atoms with Crippen molar-refractivity contribution in [3.05, 3.63) is 35.9 Å². The van der Waals surface area contributed by atoms with Gasteiger partial charge in [-0.1, -0.05) is 51.1 Å². The van der Waals surface area contributed by atoms with E-state index in [1.807, 2.05) is 57.0 Å². The van der Waals surface area contributed by atoms with Crippen LogP contribution in [-0.4, -0.2) is 5.94 Å².